The average Bonchev–Trinajstić information content (AvgIpc) is 2.98. The molecular formula is C11H17N3O. The van der Waals surface area contributed by atoms with E-state index >= 15 is 0 Å². The molecule has 0 radical (unpaired) electrons. The molecule has 1 amide bonds. The van der Waals surface area contributed by atoms with Gasteiger partial charge in [0.2, 0.25) is 5.91 Å². The van der Waals surface area contributed by atoms with Crippen molar-refractivity contribution in [3.8, 4) is 6.07 Å². The van der Waals surface area contributed by atoms with Gasteiger partial charge < -0.3 is 10.2 Å². The first-order valence-electron chi connectivity index (χ1n) is 5.57. The molecule has 15 heavy (non-hydrogen) atoms. The Labute approximate surface area is 90.2 Å². The fourth-order valence-electron chi connectivity index (χ4n) is 2.12. The first-order chi connectivity index (χ1) is 7.16. The second kappa shape index (κ2) is 3.82. The van der Waals surface area contributed by atoms with Crippen LogP contribution in [0, 0.1) is 16.7 Å². The van der Waals surface area contributed by atoms with E-state index in [0.717, 1.165) is 38.8 Å². The highest BCUT2D eigenvalue weighted by Crippen LogP contribution is 2.45. The number of nitriles is 1. The molecule has 2 fully saturated rings. The molecule has 1 saturated carbocycles. The van der Waals surface area contributed by atoms with Crippen LogP contribution in [0.15, 0.2) is 0 Å². The number of nitrogens with one attached hydrogen (secondary N) is 1. The second-order valence-corrected chi connectivity index (χ2v) is 4.77. The number of piperidine rings is 1. The first kappa shape index (κ1) is 10.4. The summed E-state index contributed by atoms with van der Waals surface area (Å²) in [4.78, 5) is 14.0. The van der Waals surface area contributed by atoms with Gasteiger partial charge in [-0.15, -0.1) is 0 Å². The zero-order valence-electron chi connectivity index (χ0n) is 9.12. The molecule has 4 heteroatoms. The molecular weight excluding hydrogens is 190 g/mol. The normalized spacial score (nSPS) is 29.2. The molecule has 1 unspecified atom stereocenters. The monoisotopic (exact) mass is 207 g/mol. The molecule has 4 nitrogen and oxygen atoms in total. The van der Waals surface area contributed by atoms with Gasteiger partial charge in [0.25, 0.3) is 0 Å². The second-order valence-electron chi connectivity index (χ2n) is 4.77. The minimum Gasteiger partial charge on any atom is -0.351 e. The summed E-state index contributed by atoms with van der Waals surface area (Å²) in [6, 6.07) is 2.37. The van der Waals surface area contributed by atoms with Gasteiger partial charge in [-0.3, -0.25) is 4.79 Å². The maximum atomic E-state index is 11.8. The molecule has 2 aliphatic rings. The number of rotatable bonds is 2. The van der Waals surface area contributed by atoms with Crippen molar-refractivity contribution in [1.29, 1.82) is 5.26 Å². The van der Waals surface area contributed by atoms with E-state index in [4.69, 9.17) is 5.26 Å². The molecule has 1 heterocycles. The number of likely N-dealkylation sites (tertiary alicyclic amines) is 1. The summed E-state index contributed by atoms with van der Waals surface area (Å²) in [5, 5.41) is 11.9. The predicted molar refractivity (Wildman–Crippen MR) is 55.9 cm³/mol. The number of hydrogen-bond donors (Lipinski definition) is 1. The van der Waals surface area contributed by atoms with Crippen molar-refractivity contribution >= 4 is 5.91 Å². The molecule has 2 rings (SSSR count). The number of hydrogen-bond acceptors (Lipinski definition) is 3. The summed E-state index contributed by atoms with van der Waals surface area (Å²) in [6.45, 7) is 2.02. The van der Waals surface area contributed by atoms with Gasteiger partial charge in [-0.2, -0.15) is 5.26 Å². The Balaban J connectivity index is 1.87. The first-order valence-corrected chi connectivity index (χ1v) is 5.57. The van der Waals surface area contributed by atoms with Gasteiger partial charge in [0.15, 0.2) is 0 Å². The Morgan fingerprint density at radius 3 is 2.87 bits per heavy atom. The van der Waals surface area contributed by atoms with E-state index in [1.807, 2.05) is 0 Å². The van der Waals surface area contributed by atoms with Crippen LogP contribution in [0.3, 0.4) is 0 Å². The van der Waals surface area contributed by atoms with Crippen molar-refractivity contribution in [1.82, 2.24) is 10.2 Å². The van der Waals surface area contributed by atoms with Crippen molar-refractivity contribution in [3.63, 3.8) is 0 Å². The van der Waals surface area contributed by atoms with Gasteiger partial charge in [0, 0.05) is 12.6 Å². The molecule has 0 spiro atoms. The predicted octanol–water partition coefficient (Wildman–Crippen LogP) is 0.501. The van der Waals surface area contributed by atoms with E-state index in [2.05, 4.69) is 23.3 Å². The maximum absolute atomic E-state index is 11.8. The van der Waals surface area contributed by atoms with Gasteiger partial charge >= 0.3 is 0 Å². The minimum absolute atomic E-state index is 0.0506. The highest BCUT2D eigenvalue weighted by Gasteiger charge is 2.51. The Kier molecular flexibility index (Phi) is 2.66. The van der Waals surface area contributed by atoms with Gasteiger partial charge in [-0.05, 0) is 39.3 Å². The van der Waals surface area contributed by atoms with Crippen LogP contribution in [0.2, 0.25) is 0 Å². The Morgan fingerprint density at radius 1 is 1.60 bits per heavy atom. The van der Waals surface area contributed by atoms with Crippen LogP contribution in [0.1, 0.15) is 25.7 Å². The van der Waals surface area contributed by atoms with Crippen LogP contribution < -0.4 is 5.32 Å². The molecule has 1 saturated heterocycles. The van der Waals surface area contributed by atoms with E-state index in [-0.39, 0.29) is 11.9 Å². The van der Waals surface area contributed by atoms with Gasteiger partial charge in [-0.25, -0.2) is 0 Å². The summed E-state index contributed by atoms with van der Waals surface area (Å²) in [6.07, 6.45) is 3.63. The van der Waals surface area contributed by atoms with Gasteiger partial charge in [-0.1, -0.05) is 0 Å². The number of likely N-dealkylation sites (N-methyl/N-ethyl adjacent to an activating group) is 1. The van der Waals surface area contributed by atoms with Crippen molar-refractivity contribution in [2.75, 3.05) is 20.1 Å². The van der Waals surface area contributed by atoms with Crippen LogP contribution in [0.4, 0.5) is 0 Å². The Hall–Kier alpha value is -1.08. The van der Waals surface area contributed by atoms with E-state index in [1.165, 1.54) is 0 Å². The molecule has 1 atom stereocenters. The van der Waals surface area contributed by atoms with E-state index in [9.17, 15) is 4.79 Å². The summed E-state index contributed by atoms with van der Waals surface area (Å²) in [5.41, 5.74) is -0.671. The number of nitrogens with zero attached hydrogens (tertiary/aromatic N) is 2. The van der Waals surface area contributed by atoms with E-state index in [0.29, 0.717) is 0 Å². The topological polar surface area (TPSA) is 56.1 Å². The van der Waals surface area contributed by atoms with Crippen LogP contribution in [0.5, 0.6) is 0 Å². The van der Waals surface area contributed by atoms with Crippen LogP contribution in [-0.2, 0) is 4.79 Å². The van der Waals surface area contributed by atoms with Crippen molar-refractivity contribution < 1.29 is 4.79 Å². The minimum atomic E-state index is -0.671. The Morgan fingerprint density at radius 2 is 2.33 bits per heavy atom. The van der Waals surface area contributed by atoms with Crippen LogP contribution >= 0.6 is 0 Å². The Bertz CT molecular complexity index is 303. The standard InChI is InChI=1S/C11H17N3O/c1-14-6-2-3-9(7-14)13-10(15)11(8-12)4-5-11/h9H,2-7H2,1H3,(H,13,15). The molecule has 0 aromatic rings. The lowest BCUT2D eigenvalue weighted by Crippen LogP contribution is -2.48. The zero-order valence-corrected chi connectivity index (χ0v) is 9.12. The lowest BCUT2D eigenvalue weighted by Gasteiger charge is -2.30. The van der Waals surface area contributed by atoms with Crippen LogP contribution in [0.25, 0.3) is 0 Å². The third-order valence-corrected chi connectivity index (χ3v) is 3.36. The molecule has 0 aromatic heterocycles. The highest BCUT2D eigenvalue weighted by atomic mass is 16.2. The fourth-order valence-corrected chi connectivity index (χ4v) is 2.12. The maximum Gasteiger partial charge on any atom is 0.240 e. The van der Waals surface area contributed by atoms with Gasteiger partial charge in [0.05, 0.1) is 6.07 Å². The molecule has 1 aliphatic carbocycles. The quantitative estimate of drug-likeness (QED) is 0.717. The average molecular weight is 207 g/mol. The van der Waals surface area contributed by atoms with E-state index in [1.54, 1.807) is 0 Å². The lowest BCUT2D eigenvalue weighted by atomic mass is 10.0. The fraction of sp³-hybridized carbons (Fsp3) is 0.818. The smallest absolute Gasteiger partial charge is 0.240 e. The molecule has 0 aromatic carbocycles. The third kappa shape index (κ3) is 2.13. The number of carbonyl (C=O) groups excluding carboxylic acids is 1. The molecule has 82 valence electrons. The molecule has 1 N–H and O–H groups in total. The third-order valence-electron chi connectivity index (χ3n) is 3.36. The summed E-state index contributed by atoms with van der Waals surface area (Å²) >= 11 is 0. The molecule has 0 bridgehead atoms. The number of amides is 1. The highest BCUT2D eigenvalue weighted by molar-refractivity contribution is 5.88. The SMILES string of the molecule is CN1CCCC(NC(=O)C2(C#N)CC2)C1. The van der Waals surface area contributed by atoms with Crippen molar-refractivity contribution in [2.24, 2.45) is 5.41 Å². The summed E-state index contributed by atoms with van der Waals surface area (Å²) < 4.78 is 0. The summed E-state index contributed by atoms with van der Waals surface area (Å²) in [7, 11) is 2.06. The molecule has 1 aliphatic heterocycles. The lowest BCUT2D eigenvalue weighted by molar-refractivity contribution is -0.125. The van der Waals surface area contributed by atoms with Crippen molar-refractivity contribution in [3.05, 3.63) is 0 Å². The van der Waals surface area contributed by atoms with Crippen LogP contribution in [-0.4, -0.2) is 37.0 Å². The number of carbonyl (C=O) groups is 1. The zero-order chi connectivity index (χ0) is 10.9. The van der Waals surface area contributed by atoms with E-state index < -0.39 is 5.41 Å². The van der Waals surface area contributed by atoms with Gasteiger partial charge in [0.1, 0.15) is 5.41 Å². The largest absolute Gasteiger partial charge is 0.351 e. The summed E-state index contributed by atoms with van der Waals surface area (Å²) in [5.74, 6) is -0.0506. The van der Waals surface area contributed by atoms with Crippen molar-refractivity contribution in [2.45, 2.75) is 31.7 Å².